The quantitative estimate of drug-likeness (QED) is 0.792. The molecular weight excluding hydrogens is 316 g/mol. The van der Waals surface area contributed by atoms with Crippen LogP contribution in [0.25, 0.3) is 11.0 Å². The van der Waals surface area contributed by atoms with Gasteiger partial charge in [-0.15, -0.1) is 0 Å². The van der Waals surface area contributed by atoms with Crippen LogP contribution in [-0.2, 0) is 18.4 Å². The van der Waals surface area contributed by atoms with E-state index < -0.39 is 0 Å². The number of carbonyl (C=O) groups is 1. The van der Waals surface area contributed by atoms with Crippen molar-refractivity contribution in [2.45, 2.75) is 32.4 Å². The number of carbonyl (C=O) groups excluding carboxylic acids is 1. The normalized spacial score (nSPS) is 17.5. The zero-order chi connectivity index (χ0) is 17.6. The maximum atomic E-state index is 12.9. The first-order chi connectivity index (χ1) is 12.0. The minimum atomic E-state index is 0.00258. The van der Waals surface area contributed by atoms with Crippen LogP contribution in [0.1, 0.15) is 30.4 Å². The van der Waals surface area contributed by atoms with Gasteiger partial charge in [-0.25, -0.2) is 9.67 Å². The number of hydrogen-bond acceptors (Lipinski definition) is 4. The Hall–Kier alpha value is -2.83. The summed E-state index contributed by atoms with van der Waals surface area (Å²) in [4.78, 5) is 19.6. The molecule has 1 amide bonds. The van der Waals surface area contributed by atoms with E-state index in [1.165, 1.54) is 0 Å². The number of aromatic nitrogens is 4. The Morgan fingerprint density at radius 1 is 1.36 bits per heavy atom. The number of amides is 1. The number of nitrogen functional groups attached to an aromatic ring is 1. The summed E-state index contributed by atoms with van der Waals surface area (Å²) in [7, 11) is 2.01. The van der Waals surface area contributed by atoms with E-state index >= 15 is 0 Å². The van der Waals surface area contributed by atoms with Crippen LogP contribution in [0.3, 0.4) is 0 Å². The van der Waals surface area contributed by atoms with Gasteiger partial charge >= 0.3 is 0 Å². The number of nitrogens with zero attached hydrogens (tertiary/aromatic N) is 5. The third-order valence-electron chi connectivity index (χ3n) is 4.91. The van der Waals surface area contributed by atoms with Gasteiger partial charge in [0.2, 0.25) is 5.91 Å². The Morgan fingerprint density at radius 2 is 2.16 bits per heavy atom. The maximum Gasteiger partial charge on any atom is 0.245 e. The van der Waals surface area contributed by atoms with Crippen LogP contribution in [0, 0.1) is 6.92 Å². The zero-order valence-corrected chi connectivity index (χ0v) is 14.5. The second-order valence-corrected chi connectivity index (χ2v) is 6.63. The largest absolute Gasteiger partial charge is 0.384 e. The number of likely N-dealkylation sites (tertiary alicyclic amines) is 1. The number of imidazole rings is 1. The highest BCUT2D eigenvalue weighted by Gasteiger charge is 2.33. The van der Waals surface area contributed by atoms with Gasteiger partial charge in [-0.3, -0.25) is 4.79 Å². The number of anilines is 1. The van der Waals surface area contributed by atoms with Crippen molar-refractivity contribution in [2.24, 2.45) is 7.05 Å². The van der Waals surface area contributed by atoms with Crippen molar-refractivity contribution in [3.05, 3.63) is 41.9 Å². The maximum absolute atomic E-state index is 12.9. The lowest BCUT2D eigenvalue weighted by molar-refractivity contribution is -0.133. The molecule has 0 spiro atoms. The van der Waals surface area contributed by atoms with E-state index in [1.807, 2.05) is 37.1 Å². The van der Waals surface area contributed by atoms with Gasteiger partial charge in [0.1, 0.15) is 18.2 Å². The number of aryl methyl sites for hydroxylation is 2. The summed E-state index contributed by atoms with van der Waals surface area (Å²) < 4.78 is 3.67. The molecule has 1 saturated heterocycles. The summed E-state index contributed by atoms with van der Waals surface area (Å²) in [6.45, 7) is 2.78. The predicted octanol–water partition coefficient (Wildman–Crippen LogP) is 2.02. The molecule has 1 atom stereocenters. The second-order valence-electron chi connectivity index (χ2n) is 6.63. The molecule has 1 aliphatic heterocycles. The monoisotopic (exact) mass is 338 g/mol. The van der Waals surface area contributed by atoms with Gasteiger partial charge in [0, 0.05) is 19.7 Å². The molecular formula is C18H22N6O. The van der Waals surface area contributed by atoms with Crippen molar-refractivity contribution in [1.29, 1.82) is 0 Å². The number of fused-ring (bicyclic) bond motifs is 1. The smallest absolute Gasteiger partial charge is 0.245 e. The molecule has 3 heterocycles. The van der Waals surface area contributed by atoms with Crippen LogP contribution in [0.4, 0.5) is 5.82 Å². The summed E-state index contributed by atoms with van der Waals surface area (Å²) in [6, 6.07) is 9.84. The summed E-state index contributed by atoms with van der Waals surface area (Å²) in [5, 5.41) is 4.30. The van der Waals surface area contributed by atoms with Crippen LogP contribution in [-0.4, -0.2) is 36.7 Å². The van der Waals surface area contributed by atoms with E-state index in [1.54, 1.807) is 10.7 Å². The van der Waals surface area contributed by atoms with Crippen molar-refractivity contribution < 1.29 is 4.79 Å². The molecule has 0 radical (unpaired) electrons. The van der Waals surface area contributed by atoms with Crippen molar-refractivity contribution in [1.82, 2.24) is 24.2 Å². The van der Waals surface area contributed by atoms with Crippen LogP contribution in [0.2, 0.25) is 0 Å². The number of para-hydroxylation sites is 2. The van der Waals surface area contributed by atoms with Crippen molar-refractivity contribution in [2.75, 3.05) is 12.3 Å². The lowest BCUT2D eigenvalue weighted by Crippen LogP contribution is -2.35. The van der Waals surface area contributed by atoms with Gasteiger partial charge in [0.05, 0.1) is 22.8 Å². The molecule has 4 rings (SSSR count). The highest BCUT2D eigenvalue weighted by molar-refractivity contribution is 5.78. The van der Waals surface area contributed by atoms with E-state index in [-0.39, 0.29) is 18.5 Å². The summed E-state index contributed by atoms with van der Waals surface area (Å²) in [5.74, 6) is 1.49. The van der Waals surface area contributed by atoms with E-state index in [2.05, 4.69) is 15.7 Å². The molecule has 3 aromatic rings. The molecule has 1 aromatic carbocycles. The first-order valence-electron chi connectivity index (χ1n) is 8.55. The molecule has 130 valence electrons. The Balaban J connectivity index is 1.62. The Labute approximate surface area is 146 Å². The minimum Gasteiger partial charge on any atom is -0.384 e. The van der Waals surface area contributed by atoms with E-state index in [0.29, 0.717) is 5.82 Å². The standard InChI is InChI=1S/C18H22N6O/c1-12-10-16(19)24(21-12)11-17(25)23-9-5-8-15(23)18-20-13-6-3-4-7-14(13)22(18)2/h3-4,6-7,10,15H,5,8-9,11,19H2,1-2H3/t15-/m1/s1. The van der Waals surface area contributed by atoms with Gasteiger partial charge in [-0.05, 0) is 31.9 Å². The fraction of sp³-hybridized carbons (Fsp3) is 0.389. The minimum absolute atomic E-state index is 0.00258. The molecule has 2 aromatic heterocycles. The van der Waals surface area contributed by atoms with Crippen LogP contribution >= 0.6 is 0 Å². The predicted molar refractivity (Wildman–Crippen MR) is 95.8 cm³/mol. The highest BCUT2D eigenvalue weighted by atomic mass is 16.2. The SMILES string of the molecule is Cc1cc(N)n(CC(=O)N2CCC[C@@H]2c2nc3ccccc3n2C)n1. The number of hydrogen-bond donors (Lipinski definition) is 1. The number of rotatable bonds is 3. The van der Waals surface area contributed by atoms with Gasteiger partial charge in [0.15, 0.2) is 0 Å². The van der Waals surface area contributed by atoms with Crippen molar-refractivity contribution >= 4 is 22.8 Å². The van der Waals surface area contributed by atoms with Crippen molar-refractivity contribution in [3.63, 3.8) is 0 Å². The molecule has 0 aliphatic carbocycles. The number of benzene rings is 1. The average Bonchev–Trinajstić information content (AvgIpc) is 3.26. The first-order valence-corrected chi connectivity index (χ1v) is 8.55. The summed E-state index contributed by atoms with van der Waals surface area (Å²) >= 11 is 0. The molecule has 0 saturated carbocycles. The Morgan fingerprint density at radius 3 is 2.88 bits per heavy atom. The third kappa shape index (κ3) is 2.65. The highest BCUT2D eigenvalue weighted by Crippen LogP contribution is 2.33. The molecule has 1 fully saturated rings. The zero-order valence-electron chi connectivity index (χ0n) is 14.5. The van der Waals surface area contributed by atoms with Gasteiger partial charge in [0.25, 0.3) is 0 Å². The fourth-order valence-corrected chi connectivity index (χ4v) is 3.71. The molecule has 2 N–H and O–H groups in total. The van der Waals surface area contributed by atoms with Crippen LogP contribution in [0.5, 0.6) is 0 Å². The lowest BCUT2D eigenvalue weighted by atomic mass is 10.2. The van der Waals surface area contributed by atoms with Gasteiger partial charge in [-0.2, -0.15) is 5.10 Å². The molecule has 7 nitrogen and oxygen atoms in total. The third-order valence-corrected chi connectivity index (χ3v) is 4.91. The average molecular weight is 338 g/mol. The molecule has 25 heavy (non-hydrogen) atoms. The molecule has 7 heteroatoms. The van der Waals surface area contributed by atoms with Crippen LogP contribution in [0.15, 0.2) is 30.3 Å². The first kappa shape index (κ1) is 15.7. The summed E-state index contributed by atoms with van der Waals surface area (Å²) in [5.41, 5.74) is 8.79. The van der Waals surface area contributed by atoms with Gasteiger partial charge in [-0.1, -0.05) is 12.1 Å². The van der Waals surface area contributed by atoms with E-state index in [9.17, 15) is 4.79 Å². The Kier molecular flexibility index (Phi) is 3.71. The fourth-order valence-electron chi connectivity index (χ4n) is 3.71. The molecule has 1 aliphatic rings. The number of nitrogens with two attached hydrogens (primary N) is 1. The Bertz CT molecular complexity index is 940. The second kappa shape index (κ2) is 5.91. The molecule has 0 unspecified atom stereocenters. The van der Waals surface area contributed by atoms with Crippen LogP contribution < -0.4 is 5.73 Å². The van der Waals surface area contributed by atoms with E-state index in [0.717, 1.165) is 41.9 Å². The van der Waals surface area contributed by atoms with Crippen molar-refractivity contribution in [3.8, 4) is 0 Å². The summed E-state index contributed by atoms with van der Waals surface area (Å²) in [6.07, 6.45) is 1.91. The lowest BCUT2D eigenvalue weighted by Gasteiger charge is -2.24. The van der Waals surface area contributed by atoms with E-state index in [4.69, 9.17) is 10.7 Å². The molecule has 0 bridgehead atoms. The van der Waals surface area contributed by atoms with Gasteiger partial charge < -0.3 is 15.2 Å². The topological polar surface area (TPSA) is 82.0 Å².